The summed E-state index contributed by atoms with van der Waals surface area (Å²) in [5, 5.41) is 3.11. The Morgan fingerprint density at radius 1 is 1.10 bits per heavy atom. The molecule has 29 heavy (non-hydrogen) atoms. The topological polar surface area (TPSA) is 58.6 Å². The summed E-state index contributed by atoms with van der Waals surface area (Å²) in [5.74, 6) is 0.349. The summed E-state index contributed by atoms with van der Waals surface area (Å²) in [5.41, 5.74) is 2.05. The maximum Gasteiger partial charge on any atom is 0.261 e. The molecule has 0 heterocycles. The van der Waals surface area contributed by atoms with Crippen molar-refractivity contribution in [2.75, 3.05) is 6.61 Å². The summed E-state index contributed by atoms with van der Waals surface area (Å²) < 4.78 is 5.71. The van der Waals surface area contributed by atoms with Gasteiger partial charge in [-0.15, -0.1) is 0 Å². The average Bonchev–Trinajstić information content (AvgIpc) is 3.23. The Labute approximate surface area is 173 Å². The first-order chi connectivity index (χ1) is 14.0. The van der Waals surface area contributed by atoms with Crippen molar-refractivity contribution in [2.24, 2.45) is 0 Å². The number of hydrogen-bond acceptors (Lipinski definition) is 3. The molecule has 3 rings (SSSR count). The number of carbonyl (C=O) groups is 2. The van der Waals surface area contributed by atoms with Gasteiger partial charge in [0.2, 0.25) is 5.91 Å². The molecule has 1 atom stereocenters. The van der Waals surface area contributed by atoms with Gasteiger partial charge in [0.15, 0.2) is 6.61 Å². The fraction of sp³-hybridized carbons (Fsp3) is 0.417. The van der Waals surface area contributed by atoms with Crippen molar-refractivity contribution in [1.82, 2.24) is 10.2 Å². The van der Waals surface area contributed by atoms with E-state index >= 15 is 0 Å². The van der Waals surface area contributed by atoms with Crippen LogP contribution < -0.4 is 10.1 Å². The number of nitrogens with zero attached hydrogens (tertiary/aromatic N) is 1. The second kappa shape index (κ2) is 10.1. The fourth-order valence-electron chi connectivity index (χ4n) is 3.69. The molecule has 2 aromatic rings. The van der Waals surface area contributed by atoms with Gasteiger partial charge in [0.05, 0.1) is 0 Å². The Morgan fingerprint density at radius 2 is 1.83 bits per heavy atom. The Kier molecular flexibility index (Phi) is 7.28. The van der Waals surface area contributed by atoms with E-state index in [0.29, 0.717) is 12.3 Å². The molecule has 1 aliphatic carbocycles. The van der Waals surface area contributed by atoms with Crippen LogP contribution in [0.3, 0.4) is 0 Å². The quantitative estimate of drug-likeness (QED) is 0.740. The van der Waals surface area contributed by atoms with Gasteiger partial charge in [-0.25, -0.2) is 0 Å². The van der Waals surface area contributed by atoms with Gasteiger partial charge in [0.1, 0.15) is 11.8 Å². The standard InChI is InChI=1S/C24H30N2O3/c1-18-9-8-14-22(15-18)29-17-23(27)26(16-20-10-4-3-5-11-20)19(2)24(28)25-21-12-6-7-13-21/h3-5,8-11,14-15,19,21H,6-7,12-13,16-17H2,1-2H3,(H,25,28)/t19-/m0/s1. The Balaban J connectivity index is 1.68. The van der Waals surface area contributed by atoms with Crippen LogP contribution in [0.4, 0.5) is 0 Å². The highest BCUT2D eigenvalue weighted by Gasteiger charge is 2.28. The van der Waals surface area contributed by atoms with E-state index in [9.17, 15) is 9.59 Å². The third-order valence-corrected chi connectivity index (χ3v) is 5.42. The Morgan fingerprint density at radius 3 is 2.52 bits per heavy atom. The van der Waals surface area contributed by atoms with E-state index in [0.717, 1.165) is 36.8 Å². The van der Waals surface area contributed by atoms with Gasteiger partial charge in [0, 0.05) is 12.6 Å². The number of rotatable bonds is 8. The molecule has 0 aromatic heterocycles. The highest BCUT2D eigenvalue weighted by Crippen LogP contribution is 2.19. The molecule has 0 radical (unpaired) electrons. The van der Waals surface area contributed by atoms with E-state index in [1.54, 1.807) is 11.8 Å². The van der Waals surface area contributed by atoms with Gasteiger partial charge in [-0.05, 0) is 49.9 Å². The SMILES string of the molecule is Cc1cccc(OCC(=O)N(Cc2ccccc2)[C@@H](C)C(=O)NC2CCCC2)c1. The van der Waals surface area contributed by atoms with E-state index in [1.807, 2.05) is 61.5 Å². The molecule has 1 fully saturated rings. The van der Waals surface area contributed by atoms with E-state index in [4.69, 9.17) is 4.74 Å². The highest BCUT2D eigenvalue weighted by molar-refractivity contribution is 5.88. The van der Waals surface area contributed by atoms with E-state index in [2.05, 4.69) is 5.32 Å². The molecule has 2 amide bonds. The van der Waals surface area contributed by atoms with Crippen molar-refractivity contribution in [1.29, 1.82) is 0 Å². The first-order valence-electron chi connectivity index (χ1n) is 10.4. The molecular formula is C24H30N2O3. The van der Waals surface area contributed by atoms with Crippen molar-refractivity contribution < 1.29 is 14.3 Å². The van der Waals surface area contributed by atoms with Crippen LogP contribution in [0.25, 0.3) is 0 Å². The minimum atomic E-state index is -0.565. The van der Waals surface area contributed by atoms with Crippen LogP contribution in [0, 0.1) is 6.92 Å². The van der Waals surface area contributed by atoms with Gasteiger partial charge in [0.25, 0.3) is 5.91 Å². The molecule has 0 unspecified atom stereocenters. The Bertz CT molecular complexity index is 816. The second-order valence-corrected chi connectivity index (χ2v) is 7.78. The van der Waals surface area contributed by atoms with Crippen LogP contribution in [-0.4, -0.2) is 35.4 Å². The summed E-state index contributed by atoms with van der Waals surface area (Å²) >= 11 is 0. The number of hydrogen-bond donors (Lipinski definition) is 1. The zero-order valence-electron chi connectivity index (χ0n) is 17.3. The molecule has 1 N–H and O–H groups in total. The van der Waals surface area contributed by atoms with Crippen molar-refractivity contribution >= 4 is 11.8 Å². The van der Waals surface area contributed by atoms with Crippen molar-refractivity contribution in [2.45, 2.75) is 58.2 Å². The molecule has 0 saturated heterocycles. The number of nitrogens with one attached hydrogen (secondary N) is 1. The van der Waals surface area contributed by atoms with E-state index in [1.165, 1.54) is 0 Å². The predicted molar refractivity (Wildman–Crippen MR) is 114 cm³/mol. The van der Waals surface area contributed by atoms with Gasteiger partial charge < -0.3 is 15.0 Å². The van der Waals surface area contributed by atoms with Crippen LogP contribution >= 0.6 is 0 Å². The molecule has 5 heteroatoms. The minimum Gasteiger partial charge on any atom is -0.484 e. The monoisotopic (exact) mass is 394 g/mol. The zero-order valence-corrected chi connectivity index (χ0v) is 17.3. The summed E-state index contributed by atoms with van der Waals surface area (Å²) in [6.45, 7) is 4.04. The maximum absolute atomic E-state index is 13.0. The average molecular weight is 395 g/mol. The minimum absolute atomic E-state index is 0.0999. The third-order valence-electron chi connectivity index (χ3n) is 5.42. The molecule has 0 aliphatic heterocycles. The third kappa shape index (κ3) is 6.08. The van der Waals surface area contributed by atoms with E-state index < -0.39 is 6.04 Å². The van der Waals surface area contributed by atoms with Crippen LogP contribution in [0.15, 0.2) is 54.6 Å². The van der Waals surface area contributed by atoms with Gasteiger partial charge in [-0.3, -0.25) is 9.59 Å². The molecule has 0 bridgehead atoms. The van der Waals surface area contributed by atoms with Crippen LogP contribution in [0.5, 0.6) is 5.75 Å². The smallest absolute Gasteiger partial charge is 0.261 e. The summed E-state index contributed by atoms with van der Waals surface area (Å²) in [7, 11) is 0. The zero-order chi connectivity index (χ0) is 20.6. The Hall–Kier alpha value is -2.82. The first-order valence-corrected chi connectivity index (χ1v) is 10.4. The summed E-state index contributed by atoms with van der Waals surface area (Å²) in [4.78, 5) is 27.4. The number of benzene rings is 2. The number of ether oxygens (including phenoxy) is 1. The number of carbonyl (C=O) groups excluding carboxylic acids is 2. The molecule has 1 saturated carbocycles. The first kappa shape index (κ1) is 20.9. The predicted octanol–water partition coefficient (Wildman–Crippen LogP) is 3.85. The lowest BCUT2D eigenvalue weighted by Crippen LogP contribution is -2.50. The van der Waals surface area contributed by atoms with Gasteiger partial charge >= 0.3 is 0 Å². The van der Waals surface area contributed by atoms with Crippen LogP contribution in [-0.2, 0) is 16.1 Å². The maximum atomic E-state index is 13.0. The molecule has 2 aromatic carbocycles. The normalized spacial score (nSPS) is 15.0. The van der Waals surface area contributed by atoms with Crippen LogP contribution in [0.2, 0.25) is 0 Å². The molecule has 154 valence electrons. The lowest BCUT2D eigenvalue weighted by molar-refractivity contribution is -0.142. The van der Waals surface area contributed by atoms with Gasteiger partial charge in [-0.1, -0.05) is 55.3 Å². The largest absolute Gasteiger partial charge is 0.484 e. The lowest BCUT2D eigenvalue weighted by Gasteiger charge is -2.29. The van der Waals surface area contributed by atoms with Crippen molar-refractivity contribution in [3.8, 4) is 5.75 Å². The molecular weight excluding hydrogens is 364 g/mol. The number of amides is 2. The summed E-state index contributed by atoms with van der Waals surface area (Å²) in [6, 6.07) is 17.0. The summed E-state index contributed by atoms with van der Waals surface area (Å²) in [6.07, 6.45) is 4.33. The van der Waals surface area contributed by atoms with Gasteiger partial charge in [-0.2, -0.15) is 0 Å². The van der Waals surface area contributed by atoms with Crippen LogP contribution in [0.1, 0.15) is 43.7 Å². The lowest BCUT2D eigenvalue weighted by atomic mass is 10.1. The molecule has 5 nitrogen and oxygen atoms in total. The molecule has 1 aliphatic rings. The van der Waals surface area contributed by atoms with Crippen molar-refractivity contribution in [3.05, 3.63) is 65.7 Å². The highest BCUT2D eigenvalue weighted by atomic mass is 16.5. The van der Waals surface area contributed by atoms with E-state index in [-0.39, 0.29) is 24.5 Å². The van der Waals surface area contributed by atoms with Crippen molar-refractivity contribution in [3.63, 3.8) is 0 Å². The molecule has 0 spiro atoms. The fourth-order valence-corrected chi connectivity index (χ4v) is 3.69. The number of aryl methyl sites for hydroxylation is 1. The second-order valence-electron chi connectivity index (χ2n) is 7.78.